The van der Waals surface area contributed by atoms with Crippen molar-refractivity contribution in [3.8, 4) is 0 Å². The zero-order chi connectivity index (χ0) is 12.1. The molecule has 0 saturated carbocycles. The highest BCUT2D eigenvalue weighted by molar-refractivity contribution is 7.09. The minimum absolute atomic E-state index is 0.971. The molecule has 0 fully saturated rings. The van der Waals surface area contributed by atoms with Gasteiger partial charge in [-0.05, 0) is 42.8 Å². The van der Waals surface area contributed by atoms with Gasteiger partial charge in [-0.3, -0.25) is 0 Å². The van der Waals surface area contributed by atoms with Crippen molar-refractivity contribution in [2.24, 2.45) is 0 Å². The van der Waals surface area contributed by atoms with Crippen LogP contribution in [-0.2, 0) is 13.0 Å². The van der Waals surface area contributed by atoms with E-state index in [9.17, 15) is 0 Å². The normalized spacial score (nSPS) is 10.7. The zero-order valence-electron chi connectivity index (χ0n) is 10.5. The summed E-state index contributed by atoms with van der Waals surface area (Å²) < 4.78 is 0. The first-order valence-electron chi connectivity index (χ1n) is 6.05. The summed E-state index contributed by atoms with van der Waals surface area (Å²) in [5, 5.41) is 5.65. The first-order valence-corrected chi connectivity index (χ1v) is 6.93. The first-order chi connectivity index (χ1) is 8.25. The topological polar surface area (TPSA) is 12.0 Å². The van der Waals surface area contributed by atoms with Crippen molar-refractivity contribution in [1.29, 1.82) is 0 Å². The van der Waals surface area contributed by atoms with Crippen molar-refractivity contribution in [1.82, 2.24) is 5.32 Å². The van der Waals surface area contributed by atoms with Gasteiger partial charge in [-0.15, -0.1) is 11.3 Å². The standard InChI is InChI=1S/C15H19NS/c1-12-5-6-13(2)14(10-12)11-16-8-7-15-4-3-9-17-15/h3-6,9-10,16H,7-8,11H2,1-2H3. The molecule has 90 valence electrons. The quantitative estimate of drug-likeness (QED) is 0.792. The summed E-state index contributed by atoms with van der Waals surface area (Å²) in [6.45, 7) is 6.34. The van der Waals surface area contributed by atoms with Gasteiger partial charge in [0.15, 0.2) is 0 Å². The molecule has 0 aliphatic rings. The molecule has 2 heteroatoms. The molecule has 0 aliphatic heterocycles. The molecule has 0 unspecified atom stereocenters. The van der Waals surface area contributed by atoms with Gasteiger partial charge in [0.1, 0.15) is 0 Å². The summed E-state index contributed by atoms with van der Waals surface area (Å²) in [4.78, 5) is 1.46. The molecule has 2 rings (SSSR count). The van der Waals surface area contributed by atoms with Crippen molar-refractivity contribution < 1.29 is 0 Å². The Kier molecular flexibility index (Phi) is 4.35. The Bertz CT molecular complexity index is 460. The smallest absolute Gasteiger partial charge is 0.0208 e. The number of aryl methyl sites for hydroxylation is 2. The summed E-state index contributed by atoms with van der Waals surface area (Å²) in [5.74, 6) is 0. The van der Waals surface area contributed by atoms with Crippen molar-refractivity contribution in [2.45, 2.75) is 26.8 Å². The zero-order valence-corrected chi connectivity index (χ0v) is 11.3. The van der Waals surface area contributed by atoms with Crippen LogP contribution in [0.1, 0.15) is 21.6 Å². The van der Waals surface area contributed by atoms with Crippen LogP contribution in [-0.4, -0.2) is 6.54 Å². The maximum absolute atomic E-state index is 3.51. The molecule has 0 atom stereocenters. The highest BCUT2D eigenvalue weighted by atomic mass is 32.1. The predicted octanol–water partition coefficient (Wildman–Crippen LogP) is 3.70. The van der Waals surface area contributed by atoms with Gasteiger partial charge in [-0.1, -0.05) is 29.8 Å². The molecule has 1 N–H and O–H groups in total. The van der Waals surface area contributed by atoms with Gasteiger partial charge in [0.05, 0.1) is 0 Å². The highest BCUT2D eigenvalue weighted by Crippen LogP contribution is 2.11. The van der Waals surface area contributed by atoms with Crippen molar-refractivity contribution in [2.75, 3.05) is 6.54 Å². The van der Waals surface area contributed by atoms with E-state index in [-0.39, 0.29) is 0 Å². The Labute approximate surface area is 108 Å². The molecule has 0 amide bonds. The van der Waals surface area contributed by atoms with E-state index < -0.39 is 0 Å². The molecule has 1 aromatic carbocycles. The molecule has 1 aromatic heterocycles. The van der Waals surface area contributed by atoms with E-state index in [1.807, 2.05) is 11.3 Å². The summed E-state index contributed by atoms with van der Waals surface area (Å²) in [7, 11) is 0. The number of rotatable bonds is 5. The fourth-order valence-corrected chi connectivity index (χ4v) is 2.59. The molecule has 1 nitrogen and oxygen atoms in total. The summed E-state index contributed by atoms with van der Waals surface area (Å²) in [6.07, 6.45) is 1.13. The van der Waals surface area contributed by atoms with Crippen LogP contribution in [0.4, 0.5) is 0 Å². The lowest BCUT2D eigenvalue weighted by Crippen LogP contribution is -2.17. The van der Waals surface area contributed by atoms with Gasteiger partial charge in [-0.25, -0.2) is 0 Å². The van der Waals surface area contributed by atoms with E-state index in [0.29, 0.717) is 0 Å². The van der Waals surface area contributed by atoms with Crippen LogP contribution in [0.5, 0.6) is 0 Å². The molecule has 1 heterocycles. The Morgan fingerprint density at radius 2 is 2.06 bits per heavy atom. The van der Waals surface area contributed by atoms with Crippen LogP contribution >= 0.6 is 11.3 Å². The second kappa shape index (κ2) is 5.99. The molecular formula is C15H19NS. The monoisotopic (exact) mass is 245 g/mol. The number of hydrogen-bond acceptors (Lipinski definition) is 2. The largest absolute Gasteiger partial charge is 0.312 e. The number of thiophene rings is 1. The Morgan fingerprint density at radius 1 is 1.18 bits per heavy atom. The van der Waals surface area contributed by atoms with Gasteiger partial charge in [-0.2, -0.15) is 0 Å². The van der Waals surface area contributed by atoms with E-state index in [4.69, 9.17) is 0 Å². The average Bonchev–Trinajstić information content (AvgIpc) is 2.82. The number of benzene rings is 1. The van der Waals surface area contributed by atoms with Gasteiger partial charge < -0.3 is 5.32 Å². The molecule has 0 saturated heterocycles. The fraction of sp³-hybridized carbons (Fsp3) is 0.333. The van der Waals surface area contributed by atoms with Crippen molar-refractivity contribution >= 4 is 11.3 Å². The van der Waals surface area contributed by atoms with Gasteiger partial charge in [0.2, 0.25) is 0 Å². The lowest BCUT2D eigenvalue weighted by atomic mass is 10.1. The van der Waals surface area contributed by atoms with Gasteiger partial charge >= 0.3 is 0 Å². The molecule has 17 heavy (non-hydrogen) atoms. The minimum atomic E-state index is 0.971. The van der Waals surface area contributed by atoms with E-state index in [1.165, 1.54) is 21.6 Å². The molecule has 0 bridgehead atoms. The van der Waals surface area contributed by atoms with E-state index in [0.717, 1.165) is 19.5 Å². The van der Waals surface area contributed by atoms with Gasteiger partial charge in [0, 0.05) is 18.0 Å². The highest BCUT2D eigenvalue weighted by Gasteiger charge is 1.99. The SMILES string of the molecule is Cc1ccc(C)c(CNCCc2cccs2)c1. The third-order valence-electron chi connectivity index (χ3n) is 2.95. The third kappa shape index (κ3) is 3.69. The van der Waals surface area contributed by atoms with E-state index in [1.54, 1.807) is 0 Å². The maximum atomic E-state index is 3.51. The number of nitrogens with one attached hydrogen (secondary N) is 1. The van der Waals surface area contributed by atoms with Crippen LogP contribution in [0, 0.1) is 13.8 Å². The lowest BCUT2D eigenvalue weighted by Gasteiger charge is -2.08. The predicted molar refractivity (Wildman–Crippen MR) is 75.6 cm³/mol. The van der Waals surface area contributed by atoms with Crippen molar-refractivity contribution in [3.05, 3.63) is 57.3 Å². The van der Waals surface area contributed by atoms with Crippen LogP contribution in [0.2, 0.25) is 0 Å². The van der Waals surface area contributed by atoms with Gasteiger partial charge in [0.25, 0.3) is 0 Å². The summed E-state index contributed by atoms with van der Waals surface area (Å²) >= 11 is 1.83. The molecule has 0 aliphatic carbocycles. The van der Waals surface area contributed by atoms with Crippen LogP contribution in [0.15, 0.2) is 35.7 Å². The summed E-state index contributed by atoms with van der Waals surface area (Å²) in [5.41, 5.74) is 4.13. The van der Waals surface area contributed by atoms with Crippen LogP contribution in [0.25, 0.3) is 0 Å². The first kappa shape index (κ1) is 12.3. The Balaban J connectivity index is 1.80. The Hall–Kier alpha value is -1.12. The molecular weight excluding hydrogens is 226 g/mol. The number of hydrogen-bond donors (Lipinski definition) is 1. The summed E-state index contributed by atoms with van der Waals surface area (Å²) in [6, 6.07) is 11.0. The molecule has 0 spiro atoms. The second-order valence-corrected chi connectivity index (χ2v) is 5.47. The lowest BCUT2D eigenvalue weighted by molar-refractivity contribution is 0.688. The Morgan fingerprint density at radius 3 is 2.82 bits per heavy atom. The third-order valence-corrected chi connectivity index (χ3v) is 3.88. The van der Waals surface area contributed by atoms with Crippen LogP contribution < -0.4 is 5.32 Å². The van der Waals surface area contributed by atoms with E-state index in [2.05, 4.69) is 54.9 Å². The van der Waals surface area contributed by atoms with E-state index >= 15 is 0 Å². The van der Waals surface area contributed by atoms with Crippen molar-refractivity contribution in [3.63, 3.8) is 0 Å². The molecule has 0 radical (unpaired) electrons. The van der Waals surface area contributed by atoms with Crippen LogP contribution in [0.3, 0.4) is 0 Å². The minimum Gasteiger partial charge on any atom is -0.312 e. The maximum Gasteiger partial charge on any atom is 0.0208 e. The average molecular weight is 245 g/mol. The molecule has 2 aromatic rings. The fourth-order valence-electron chi connectivity index (χ4n) is 1.88. The second-order valence-electron chi connectivity index (χ2n) is 4.44.